The molecular formula is C13H23ClN2O2Si. The van der Waals surface area contributed by atoms with E-state index in [9.17, 15) is 4.79 Å². The number of nitrogens with zero attached hydrogens (tertiary/aromatic N) is 2. The van der Waals surface area contributed by atoms with E-state index in [4.69, 9.17) is 16.0 Å². The largest absolute Gasteiger partial charge is 0.399 e. The smallest absolute Gasteiger partial charge is 0.349 e. The van der Waals surface area contributed by atoms with Gasteiger partial charge >= 0.3 is 5.69 Å². The second-order valence-corrected chi connectivity index (χ2v) is 11.2. The molecule has 6 heteroatoms. The molecule has 1 rings (SSSR count). The lowest BCUT2D eigenvalue weighted by atomic mass is 9.99. The third-order valence-electron chi connectivity index (χ3n) is 4.38. The summed E-state index contributed by atoms with van der Waals surface area (Å²) < 4.78 is 7.49. The second kappa shape index (κ2) is 5.77. The molecule has 0 atom stereocenters. The zero-order valence-electron chi connectivity index (χ0n) is 12.5. The summed E-state index contributed by atoms with van der Waals surface area (Å²) in [6.45, 7) is 13.4. The van der Waals surface area contributed by atoms with E-state index in [-0.39, 0.29) is 17.5 Å². The molecule has 0 aromatic carbocycles. The highest BCUT2D eigenvalue weighted by atomic mass is 35.5. The molecule has 0 radical (unpaired) electrons. The summed E-state index contributed by atoms with van der Waals surface area (Å²) in [5, 5.41) is 0.550. The summed E-state index contributed by atoms with van der Waals surface area (Å²) in [4.78, 5) is 15.3. The molecule has 108 valence electrons. The van der Waals surface area contributed by atoms with Crippen LogP contribution in [0.15, 0.2) is 17.2 Å². The summed E-state index contributed by atoms with van der Waals surface area (Å²) >= 11 is 5.84. The van der Waals surface area contributed by atoms with Crippen molar-refractivity contribution in [1.82, 2.24) is 9.55 Å². The van der Waals surface area contributed by atoms with E-state index in [0.717, 1.165) is 0 Å². The van der Waals surface area contributed by atoms with Crippen molar-refractivity contribution in [3.63, 3.8) is 0 Å². The lowest BCUT2D eigenvalue weighted by Crippen LogP contribution is -2.46. The molecule has 0 bridgehead atoms. The monoisotopic (exact) mass is 302 g/mol. The van der Waals surface area contributed by atoms with Gasteiger partial charge in [-0.05, 0) is 24.1 Å². The van der Waals surface area contributed by atoms with Gasteiger partial charge in [0.25, 0.3) is 0 Å². The first-order valence-electron chi connectivity index (χ1n) is 6.44. The van der Waals surface area contributed by atoms with E-state index in [1.54, 1.807) is 6.20 Å². The molecule has 1 aromatic heterocycles. The molecule has 0 aliphatic carbocycles. The van der Waals surface area contributed by atoms with Gasteiger partial charge in [0.1, 0.15) is 6.73 Å². The summed E-state index contributed by atoms with van der Waals surface area (Å²) in [5.41, 5.74) is -0.337. The van der Waals surface area contributed by atoms with Crippen LogP contribution in [-0.2, 0) is 11.2 Å². The summed E-state index contributed by atoms with van der Waals surface area (Å²) in [6, 6.07) is 0. The lowest BCUT2D eigenvalue weighted by molar-refractivity contribution is 0.196. The molecule has 1 heterocycles. The van der Waals surface area contributed by atoms with Crippen molar-refractivity contribution in [1.29, 1.82) is 0 Å². The van der Waals surface area contributed by atoms with Crippen LogP contribution in [-0.4, -0.2) is 17.9 Å². The Morgan fingerprint density at radius 2 is 2.05 bits per heavy atom. The minimum absolute atomic E-state index is 0.114. The van der Waals surface area contributed by atoms with E-state index in [1.807, 2.05) is 0 Å². The van der Waals surface area contributed by atoms with Crippen molar-refractivity contribution in [2.24, 2.45) is 5.92 Å². The minimum atomic E-state index is -1.95. The molecule has 0 amide bonds. The van der Waals surface area contributed by atoms with Gasteiger partial charge in [0.05, 0.1) is 11.2 Å². The topological polar surface area (TPSA) is 44.1 Å². The third-order valence-corrected chi connectivity index (χ3v) is 9.11. The zero-order chi connectivity index (χ0) is 14.8. The lowest BCUT2D eigenvalue weighted by Gasteiger charge is -2.42. The maximum atomic E-state index is 11.6. The molecule has 0 aliphatic heterocycles. The van der Waals surface area contributed by atoms with E-state index >= 15 is 0 Å². The average Bonchev–Trinajstić information content (AvgIpc) is 2.30. The molecule has 0 unspecified atom stereocenters. The van der Waals surface area contributed by atoms with Crippen LogP contribution in [0.1, 0.15) is 27.7 Å². The van der Waals surface area contributed by atoms with E-state index < -0.39 is 8.32 Å². The Balaban J connectivity index is 2.86. The van der Waals surface area contributed by atoms with E-state index in [0.29, 0.717) is 10.9 Å². The molecule has 1 aromatic rings. The number of hydrogen-bond donors (Lipinski definition) is 0. The van der Waals surface area contributed by atoms with Gasteiger partial charge in [-0.15, -0.1) is 0 Å². The standard InChI is InChI=1S/C13H23ClN2O2Si/c1-10(2)13(3,4)19(5,6)18-9-16-8-11(14)7-15-12(16)17/h7-8,10H,9H2,1-6H3. The molecule has 0 saturated carbocycles. The number of halogens is 1. The van der Waals surface area contributed by atoms with Crippen molar-refractivity contribution < 1.29 is 4.43 Å². The Bertz CT molecular complexity index is 498. The fourth-order valence-corrected chi connectivity index (χ4v) is 4.02. The Labute approximate surface area is 120 Å². The first kappa shape index (κ1) is 16.4. The van der Waals surface area contributed by atoms with Crippen molar-refractivity contribution in [3.8, 4) is 0 Å². The predicted molar refractivity (Wildman–Crippen MR) is 81.0 cm³/mol. The van der Waals surface area contributed by atoms with Gasteiger partial charge in [0.15, 0.2) is 8.32 Å². The maximum absolute atomic E-state index is 11.6. The highest BCUT2D eigenvalue weighted by Crippen LogP contribution is 2.44. The van der Waals surface area contributed by atoms with Gasteiger partial charge in [-0.3, -0.25) is 4.57 Å². The fraction of sp³-hybridized carbons (Fsp3) is 0.692. The zero-order valence-corrected chi connectivity index (χ0v) is 14.3. The number of aromatic nitrogens is 2. The van der Waals surface area contributed by atoms with Crippen molar-refractivity contribution in [2.75, 3.05) is 0 Å². The quantitative estimate of drug-likeness (QED) is 0.782. The van der Waals surface area contributed by atoms with Crippen molar-refractivity contribution >= 4 is 19.9 Å². The number of rotatable bonds is 5. The fourth-order valence-electron chi connectivity index (χ4n) is 1.63. The molecule has 0 fully saturated rings. The first-order chi connectivity index (χ1) is 8.58. The SMILES string of the molecule is CC(C)C(C)(C)[Si](C)(C)OCn1cc(Cl)cnc1=O. The van der Waals surface area contributed by atoms with Gasteiger partial charge < -0.3 is 4.43 Å². The van der Waals surface area contributed by atoms with Gasteiger partial charge in [-0.1, -0.05) is 39.3 Å². The normalized spacial score (nSPS) is 13.1. The van der Waals surface area contributed by atoms with Crippen LogP contribution in [0.25, 0.3) is 0 Å². The molecule has 4 nitrogen and oxygen atoms in total. The van der Waals surface area contributed by atoms with Crippen LogP contribution in [0.3, 0.4) is 0 Å². The molecule has 0 N–H and O–H groups in total. The molecule has 19 heavy (non-hydrogen) atoms. The van der Waals surface area contributed by atoms with E-state index in [1.165, 1.54) is 10.8 Å². The van der Waals surface area contributed by atoms with Gasteiger partial charge in [0.2, 0.25) is 0 Å². The second-order valence-electron chi connectivity index (χ2n) is 6.18. The molecule has 0 saturated heterocycles. The van der Waals surface area contributed by atoms with E-state index in [2.05, 4.69) is 45.8 Å². The molecular weight excluding hydrogens is 280 g/mol. The van der Waals surface area contributed by atoms with Gasteiger partial charge in [0, 0.05) is 6.20 Å². The Hall–Kier alpha value is -0.653. The van der Waals surface area contributed by atoms with Crippen molar-refractivity contribution in [2.45, 2.75) is 52.6 Å². The van der Waals surface area contributed by atoms with Crippen molar-refractivity contribution in [3.05, 3.63) is 27.9 Å². The van der Waals surface area contributed by atoms with Crippen LogP contribution in [0, 0.1) is 5.92 Å². The highest BCUT2D eigenvalue weighted by Gasteiger charge is 2.43. The average molecular weight is 303 g/mol. The predicted octanol–water partition coefficient (Wildman–Crippen LogP) is 3.51. The van der Waals surface area contributed by atoms with Crippen LogP contribution in [0.2, 0.25) is 23.2 Å². The maximum Gasteiger partial charge on any atom is 0.349 e. The Kier molecular flexibility index (Phi) is 4.98. The summed E-state index contributed by atoms with van der Waals surface area (Å²) in [5.74, 6) is 0.517. The van der Waals surface area contributed by atoms with Crippen LogP contribution in [0.5, 0.6) is 0 Å². The third kappa shape index (κ3) is 3.67. The van der Waals surface area contributed by atoms with Crippen LogP contribution < -0.4 is 5.69 Å². The summed E-state index contributed by atoms with van der Waals surface area (Å²) in [6.07, 6.45) is 2.91. The minimum Gasteiger partial charge on any atom is -0.399 e. The van der Waals surface area contributed by atoms with Gasteiger partial charge in [-0.25, -0.2) is 4.79 Å². The number of hydrogen-bond acceptors (Lipinski definition) is 3. The highest BCUT2D eigenvalue weighted by molar-refractivity contribution is 6.74. The Morgan fingerprint density at radius 1 is 1.47 bits per heavy atom. The van der Waals surface area contributed by atoms with Gasteiger partial charge in [-0.2, -0.15) is 4.98 Å². The van der Waals surface area contributed by atoms with Crippen LogP contribution in [0.4, 0.5) is 0 Å². The Morgan fingerprint density at radius 3 is 2.58 bits per heavy atom. The first-order valence-corrected chi connectivity index (χ1v) is 9.72. The summed E-state index contributed by atoms with van der Waals surface area (Å²) in [7, 11) is -1.95. The van der Waals surface area contributed by atoms with Crippen LogP contribution >= 0.6 is 11.6 Å². The molecule has 0 spiro atoms. The molecule has 0 aliphatic rings.